The molecule has 0 fully saturated rings. The molecule has 0 N–H and O–H groups in total. The number of rotatable bonds is 2. The Hall–Kier alpha value is -1.57. The molecule has 0 aromatic heterocycles. The van der Waals surface area contributed by atoms with Crippen LogP contribution < -0.4 is 0 Å². The molecule has 2 heteroatoms. The van der Waals surface area contributed by atoms with Crippen molar-refractivity contribution in [3.63, 3.8) is 0 Å². The van der Waals surface area contributed by atoms with Crippen LogP contribution in [0.2, 0.25) is 0 Å². The van der Waals surface area contributed by atoms with Gasteiger partial charge in [0.1, 0.15) is 5.84 Å². The zero-order valence-corrected chi connectivity index (χ0v) is 9.86. The van der Waals surface area contributed by atoms with Crippen molar-refractivity contribution in [1.82, 2.24) is 4.90 Å². The van der Waals surface area contributed by atoms with Crippen LogP contribution in [0.5, 0.6) is 0 Å². The third-order valence-corrected chi connectivity index (χ3v) is 2.17. The molecule has 0 spiro atoms. The van der Waals surface area contributed by atoms with Crippen molar-refractivity contribution in [3.8, 4) is 0 Å². The van der Waals surface area contributed by atoms with E-state index in [-0.39, 0.29) is 0 Å². The molecule has 0 unspecified atom stereocenters. The van der Waals surface area contributed by atoms with Crippen LogP contribution in [-0.2, 0) is 0 Å². The molecule has 0 bridgehead atoms. The fourth-order valence-corrected chi connectivity index (χ4v) is 1.18. The van der Waals surface area contributed by atoms with Crippen LogP contribution in [0.25, 0.3) is 6.08 Å². The summed E-state index contributed by atoms with van der Waals surface area (Å²) in [6.07, 6.45) is 4.10. The van der Waals surface area contributed by atoms with E-state index in [1.165, 1.54) is 5.56 Å². The first kappa shape index (κ1) is 11.5. The molecular formula is C13H18N2. The van der Waals surface area contributed by atoms with Gasteiger partial charge in [-0.1, -0.05) is 24.3 Å². The van der Waals surface area contributed by atoms with Gasteiger partial charge in [-0.25, -0.2) is 4.99 Å². The molecule has 1 aromatic carbocycles. The Morgan fingerprint density at radius 2 is 2.07 bits per heavy atom. The highest BCUT2D eigenvalue weighted by Gasteiger charge is 1.95. The second-order valence-electron chi connectivity index (χ2n) is 3.65. The molecule has 0 aliphatic heterocycles. The van der Waals surface area contributed by atoms with Gasteiger partial charge in [-0.2, -0.15) is 0 Å². The average molecular weight is 202 g/mol. The van der Waals surface area contributed by atoms with Crippen LogP contribution in [-0.4, -0.2) is 24.8 Å². The van der Waals surface area contributed by atoms with E-state index in [9.17, 15) is 0 Å². The zero-order valence-electron chi connectivity index (χ0n) is 9.86. The third-order valence-electron chi connectivity index (χ3n) is 2.17. The molecule has 0 atom stereocenters. The highest BCUT2D eigenvalue weighted by atomic mass is 15.1. The molecule has 2 nitrogen and oxygen atoms in total. The van der Waals surface area contributed by atoms with E-state index in [1.54, 1.807) is 0 Å². The molecule has 0 aliphatic carbocycles. The fourth-order valence-electron chi connectivity index (χ4n) is 1.18. The van der Waals surface area contributed by atoms with Crippen molar-refractivity contribution in [2.45, 2.75) is 13.8 Å². The van der Waals surface area contributed by atoms with Gasteiger partial charge in [0.05, 0.1) is 5.69 Å². The lowest BCUT2D eigenvalue weighted by Crippen LogP contribution is -2.17. The Labute approximate surface area is 92.0 Å². The number of aliphatic imine (C=N–C) groups is 1. The molecule has 0 saturated heterocycles. The number of hydrogen-bond acceptors (Lipinski definition) is 1. The quantitative estimate of drug-likeness (QED) is 0.530. The minimum atomic E-state index is 0.997. The molecule has 0 heterocycles. The predicted octanol–water partition coefficient (Wildman–Crippen LogP) is 3.33. The summed E-state index contributed by atoms with van der Waals surface area (Å²) in [6.45, 7) is 4.02. The van der Waals surface area contributed by atoms with Crippen LogP contribution in [0.15, 0.2) is 35.3 Å². The van der Waals surface area contributed by atoms with E-state index >= 15 is 0 Å². The normalized spacial score (nSPS) is 12.1. The Morgan fingerprint density at radius 3 is 2.67 bits per heavy atom. The van der Waals surface area contributed by atoms with Crippen LogP contribution in [0.3, 0.4) is 0 Å². The summed E-state index contributed by atoms with van der Waals surface area (Å²) in [4.78, 5) is 6.51. The zero-order chi connectivity index (χ0) is 11.3. The monoisotopic (exact) mass is 202 g/mol. The maximum atomic E-state index is 4.51. The molecule has 0 saturated carbocycles. The smallest absolute Gasteiger partial charge is 0.101 e. The van der Waals surface area contributed by atoms with Gasteiger partial charge in [-0.05, 0) is 31.5 Å². The van der Waals surface area contributed by atoms with Gasteiger partial charge in [0.15, 0.2) is 0 Å². The maximum Gasteiger partial charge on any atom is 0.101 e. The highest BCUT2D eigenvalue weighted by Crippen LogP contribution is 2.15. The molecule has 80 valence electrons. The van der Waals surface area contributed by atoms with Crippen LogP contribution in [0, 0.1) is 0 Å². The van der Waals surface area contributed by atoms with E-state index in [2.05, 4.69) is 23.2 Å². The van der Waals surface area contributed by atoms with E-state index in [0.717, 1.165) is 11.5 Å². The molecule has 0 radical (unpaired) electrons. The summed E-state index contributed by atoms with van der Waals surface area (Å²) in [5.74, 6) is 1.01. The molecular weight excluding hydrogens is 184 g/mol. The maximum absolute atomic E-state index is 4.51. The van der Waals surface area contributed by atoms with E-state index in [0.29, 0.717) is 0 Å². The van der Waals surface area contributed by atoms with Crippen LogP contribution >= 0.6 is 0 Å². The van der Waals surface area contributed by atoms with Crippen LogP contribution in [0.4, 0.5) is 5.69 Å². The van der Waals surface area contributed by atoms with Crippen molar-refractivity contribution in [3.05, 3.63) is 35.9 Å². The molecule has 15 heavy (non-hydrogen) atoms. The minimum absolute atomic E-state index is 0.997. The van der Waals surface area contributed by atoms with Crippen molar-refractivity contribution >= 4 is 17.6 Å². The van der Waals surface area contributed by atoms with E-state index in [1.807, 2.05) is 51.1 Å². The topological polar surface area (TPSA) is 15.6 Å². The standard InChI is InChI=1S/C13H18N2/c1-5-7-12-8-6-9-13(10-12)14-11(2)15(3)4/h5-10H,1-4H3/b7-5+,14-11?. The van der Waals surface area contributed by atoms with Crippen molar-refractivity contribution in [1.29, 1.82) is 0 Å². The molecule has 0 amide bonds. The fraction of sp³-hybridized carbons (Fsp3) is 0.308. The molecule has 0 aliphatic rings. The lowest BCUT2D eigenvalue weighted by molar-refractivity contribution is 0.619. The highest BCUT2D eigenvalue weighted by molar-refractivity contribution is 5.82. The number of allylic oxidation sites excluding steroid dienone is 1. The third kappa shape index (κ3) is 3.58. The number of benzene rings is 1. The van der Waals surface area contributed by atoms with Gasteiger partial charge < -0.3 is 4.90 Å². The summed E-state index contributed by atoms with van der Waals surface area (Å²) in [5, 5.41) is 0. The van der Waals surface area contributed by atoms with Gasteiger partial charge in [0.25, 0.3) is 0 Å². The SMILES string of the molecule is C/C=C/c1cccc(N=C(C)N(C)C)c1. The summed E-state index contributed by atoms with van der Waals surface area (Å²) in [7, 11) is 3.99. The second kappa shape index (κ2) is 5.35. The molecule has 1 aromatic rings. The summed E-state index contributed by atoms with van der Waals surface area (Å²) in [5.41, 5.74) is 2.18. The largest absolute Gasteiger partial charge is 0.366 e. The van der Waals surface area contributed by atoms with Gasteiger partial charge in [-0.15, -0.1) is 0 Å². The first-order chi connectivity index (χ1) is 7.13. The second-order valence-corrected chi connectivity index (χ2v) is 3.65. The van der Waals surface area contributed by atoms with Crippen molar-refractivity contribution in [2.75, 3.05) is 14.1 Å². The Morgan fingerprint density at radius 1 is 1.33 bits per heavy atom. The van der Waals surface area contributed by atoms with E-state index < -0.39 is 0 Å². The van der Waals surface area contributed by atoms with E-state index in [4.69, 9.17) is 0 Å². The van der Waals surface area contributed by atoms with Gasteiger partial charge in [0, 0.05) is 14.1 Å². The minimum Gasteiger partial charge on any atom is -0.366 e. The first-order valence-corrected chi connectivity index (χ1v) is 5.09. The lowest BCUT2D eigenvalue weighted by Gasteiger charge is -2.10. The number of hydrogen-bond donors (Lipinski definition) is 0. The Bertz CT molecular complexity index is 376. The Balaban J connectivity index is 2.96. The van der Waals surface area contributed by atoms with Gasteiger partial charge in [-0.3, -0.25) is 0 Å². The molecule has 1 rings (SSSR count). The summed E-state index contributed by atoms with van der Waals surface area (Å²) in [6, 6.07) is 8.19. The van der Waals surface area contributed by atoms with Crippen molar-refractivity contribution < 1.29 is 0 Å². The number of amidine groups is 1. The first-order valence-electron chi connectivity index (χ1n) is 5.09. The predicted molar refractivity (Wildman–Crippen MR) is 67.6 cm³/mol. The lowest BCUT2D eigenvalue weighted by atomic mass is 10.2. The summed E-state index contributed by atoms with van der Waals surface area (Å²) < 4.78 is 0. The Kier molecular flexibility index (Phi) is 4.10. The average Bonchev–Trinajstić information content (AvgIpc) is 2.18. The summed E-state index contributed by atoms with van der Waals surface area (Å²) >= 11 is 0. The van der Waals surface area contributed by atoms with Crippen molar-refractivity contribution in [2.24, 2.45) is 4.99 Å². The number of nitrogens with zero attached hydrogens (tertiary/aromatic N) is 2. The van der Waals surface area contributed by atoms with Gasteiger partial charge in [0.2, 0.25) is 0 Å². The van der Waals surface area contributed by atoms with Gasteiger partial charge >= 0.3 is 0 Å². The van der Waals surface area contributed by atoms with Crippen LogP contribution in [0.1, 0.15) is 19.4 Å².